The molecule has 7 heteroatoms. The Morgan fingerprint density at radius 3 is 2.95 bits per heavy atom. The normalized spacial score (nSPS) is 17.1. The van der Waals surface area contributed by atoms with E-state index in [-0.39, 0.29) is 5.91 Å². The van der Waals surface area contributed by atoms with Gasteiger partial charge < -0.3 is 9.47 Å². The van der Waals surface area contributed by atoms with E-state index in [0.29, 0.717) is 28.1 Å². The molecule has 0 unspecified atom stereocenters. The number of carbonyl (C=O) groups is 1. The molecule has 2 aliphatic heterocycles. The molecule has 0 atom stereocenters. The highest BCUT2D eigenvalue weighted by atomic mass is 32.2. The number of benzene rings is 1. The van der Waals surface area contributed by atoms with Gasteiger partial charge in [-0.25, -0.2) is 0 Å². The van der Waals surface area contributed by atoms with Gasteiger partial charge in [0.15, 0.2) is 5.17 Å². The van der Waals surface area contributed by atoms with Crippen molar-refractivity contribution in [1.82, 2.24) is 10.3 Å². The van der Waals surface area contributed by atoms with Crippen molar-refractivity contribution in [3.8, 4) is 11.5 Å². The number of ether oxygens (including phenoxy) is 2. The molecule has 0 aromatic heterocycles. The van der Waals surface area contributed by atoms with Crippen LogP contribution in [0.3, 0.4) is 0 Å². The lowest BCUT2D eigenvalue weighted by molar-refractivity contribution is -0.122. The number of rotatable bonds is 3. The van der Waals surface area contributed by atoms with E-state index >= 15 is 0 Å². The Morgan fingerprint density at radius 2 is 2.20 bits per heavy atom. The van der Waals surface area contributed by atoms with E-state index in [4.69, 9.17) is 9.47 Å². The average molecular weight is 291 g/mol. The summed E-state index contributed by atoms with van der Waals surface area (Å²) in [5.41, 5.74) is 4.49. The molecule has 1 N–H and O–H groups in total. The van der Waals surface area contributed by atoms with Crippen molar-refractivity contribution in [2.75, 3.05) is 20.0 Å². The lowest BCUT2D eigenvalue weighted by Gasteiger charge is -2.20. The lowest BCUT2D eigenvalue weighted by Crippen LogP contribution is -2.30. The Bertz CT molecular complexity index is 627. The summed E-state index contributed by atoms with van der Waals surface area (Å²) in [6, 6.07) is 5.49. The number of amidine groups is 1. The van der Waals surface area contributed by atoms with Crippen molar-refractivity contribution < 1.29 is 14.3 Å². The summed E-state index contributed by atoms with van der Waals surface area (Å²) in [4.78, 5) is 13.3. The molecule has 3 rings (SSSR count). The van der Waals surface area contributed by atoms with Crippen LogP contribution in [0.1, 0.15) is 5.56 Å². The monoisotopic (exact) mass is 291 g/mol. The van der Waals surface area contributed by atoms with E-state index in [1.54, 1.807) is 31.4 Å². The molecule has 1 amide bonds. The predicted molar refractivity (Wildman–Crippen MR) is 77.4 cm³/mol. The maximum atomic E-state index is 11.7. The van der Waals surface area contributed by atoms with Gasteiger partial charge in [-0.05, 0) is 12.1 Å². The van der Waals surface area contributed by atoms with Crippen molar-refractivity contribution in [1.29, 1.82) is 0 Å². The van der Waals surface area contributed by atoms with Crippen LogP contribution in [0.2, 0.25) is 0 Å². The van der Waals surface area contributed by atoms with Gasteiger partial charge >= 0.3 is 0 Å². The summed E-state index contributed by atoms with van der Waals surface area (Å²) in [7, 11) is 3.19. The first-order chi connectivity index (χ1) is 9.72. The Kier molecular flexibility index (Phi) is 3.27. The second-order valence-electron chi connectivity index (χ2n) is 4.17. The molecule has 0 radical (unpaired) electrons. The van der Waals surface area contributed by atoms with Gasteiger partial charge in [0.05, 0.1) is 25.7 Å². The van der Waals surface area contributed by atoms with Crippen LogP contribution in [0.4, 0.5) is 0 Å². The van der Waals surface area contributed by atoms with Gasteiger partial charge in [0.25, 0.3) is 0 Å². The number of hydrogen-bond donors (Lipinski definition) is 1. The minimum Gasteiger partial charge on any atom is -0.497 e. The molecule has 1 fully saturated rings. The molecule has 0 spiro atoms. The highest BCUT2D eigenvalue weighted by molar-refractivity contribution is 8.15. The minimum absolute atomic E-state index is 0.0280. The number of methoxy groups -OCH3 is 2. The summed E-state index contributed by atoms with van der Waals surface area (Å²) in [6.07, 6.45) is 1.75. The SMILES string of the molecule is COc1ccc(C2=CN3C(=O)CSC3=NN2)c(OC)c1. The molecule has 0 aliphatic carbocycles. The molecule has 6 nitrogen and oxygen atoms in total. The Hall–Kier alpha value is -2.15. The maximum Gasteiger partial charge on any atom is 0.243 e. The fourth-order valence-corrected chi connectivity index (χ4v) is 2.80. The van der Waals surface area contributed by atoms with Crippen LogP contribution in [0, 0.1) is 0 Å². The molecule has 1 saturated heterocycles. The summed E-state index contributed by atoms with van der Waals surface area (Å²) >= 11 is 1.42. The number of thioether (sulfide) groups is 1. The topological polar surface area (TPSA) is 63.2 Å². The molecular weight excluding hydrogens is 278 g/mol. The third-order valence-electron chi connectivity index (χ3n) is 3.03. The molecule has 1 aromatic rings. The van der Waals surface area contributed by atoms with E-state index in [0.717, 1.165) is 5.56 Å². The van der Waals surface area contributed by atoms with Gasteiger partial charge in [0.2, 0.25) is 5.91 Å². The zero-order valence-electron chi connectivity index (χ0n) is 11.0. The van der Waals surface area contributed by atoms with E-state index < -0.39 is 0 Å². The van der Waals surface area contributed by atoms with Crippen molar-refractivity contribution in [2.45, 2.75) is 0 Å². The number of hydrazone groups is 1. The summed E-state index contributed by atoms with van der Waals surface area (Å²) in [5, 5.41) is 4.87. The number of fused-ring (bicyclic) bond motifs is 1. The highest BCUT2D eigenvalue weighted by Gasteiger charge is 2.30. The third kappa shape index (κ3) is 2.09. The first-order valence-corrected chi connectivity index (χ1v) is 6.94. The second kappa shape index (κ2) is 5.09. The zero-order chi connectivity index (χ0) is 14.1. The Morgan fingerprint density at radius 1 is 1.35 bits per heavy atom. The number of nitrogens with one attached hydrogen (secondary N) is 1. The van der Waals surface area contributed by atoms with Crippen LogP contribution < -0.4 is 14.9 Å². The van der Waals surface area contributed by atoms with Gasteiger partial charge in [-0.3, -0.25) is 15.1 Å². The Labute approximate surface area is 120 Å². The molecule has 0 bridgehead atoms. The van der Waals surface area contributed by atoms with E-state index in [9.17, 15) is 4.79 Å². The predicted octanol–water partition coefficient (Wildman–Crippen LogP) is 1.45. The second-order valence-corrected chi connectivity index (χ2v) is 5.11. The summed E-state index contributed by atoms with van der Waals surface area (Å²) < 4.78 is 10.5. The van der Waals surface area contributed by atoms with Gasteiger partial charge in [0.1, 0.15) is 11.5 Å². The van der Waals surface area contributed by atoms with Gasteiger partial charge in [-0.2, -0.15) is 0 Å². The van der Waals surface area contributed by atoms with E-state index in [1.165, 1.54) is 11.8 Å². The van der Waals surface area contributed by atoms with Crippen LogP contribution in [0.25, 0.3) is 5.70 Å². The lowest BCUT2D eigenvalue weighted by atomic mass is 10.1. The third-order valence-corrected chi connectivity index (χ3v) is 3.97. The molecule has 1 aromatic carbocycles. The fourth-order valence-electron chi connectivity index (χ4n) is 2.00. The van der Waals surface area contributed by atoms with Gasteiger partial charge in [-0.15, -0.1) is 5.10 Å². The first kappa shape index (κ1) is 12.9. The minimum atomic E-state index is 0.0280. The average Bonchev–Trinajstić information content (AvgIpc) is 2.87. The van der Waals surface area contributed by atoms with Gasteiger partial charge in [0, 0.05) is 17.8 Å². The molecule has 2 heterocycles. The zero-order valence-corrected chi connectivity index (χ0v) is 11.9. The number of nitrogens with zero attached hydrogens (tertiary/aromatic N) is 2. The van der Waals surface area contributed by atoms with E-state index in [1.807, 2.05) is 12.1 Å². The smallest absolute Gasteiger partial charge is 0.243 e. The maximum absolute atomic E-state index is 11.7. The summed E-state index contributed by atoms with van der Waals surface area (Å²) in [6.45, 7) is 0. The van der Waals surface area contributed by atoms with Crippen LogP contribution in [-0.2, 0) is 4.79 Å². The largest absolute Gasteiger partial charge is 0.497 e. The van der Waals surface area contributed by atoms with Crippen LogP contribution >= 0.6 is 11.8 Å². The van der Waals surface area contributed by atoms with Crippen molar-refractivity contribution >= 4 is 28.5 Å². The van der Waals surface area contributed by atoms with Crippen molar-refractivity contribution in [3.63, 3.8) is 0 Å². The van der Waals surface area contributed by atoms with E-state index in [2.05, 4.69) is 10.5 Å². The fraction of sp³-hybridized carbons (Fsp3) is 0.231. The van der Waals surface area contributed by atoms with Crippen LogP contribution in [0.15, 0.2) is 29.5 Å². The number of hydrogen-bond acceptors (Lipinski definition) is 6. The number of carbonyl (C=O) groups excluding carboxylic acids is 1. The standard InChI is InChI=1S/C13H13N3O3S/c1-18-8-3-4-9(11(5-8)19-2)10-6-16-12(17)7-20-13(16)15-14-10/h3-6,14H,7H2,1-2H3. The number of amides is 1. The quantitative estimate of drug-likeness (QED) is 0.913. The van der Waals surface area contributed by atoms with Gasteiger partial charge in [-0.1, -0.05) is 11.8 Å². The molecule has 104 valence electrons. The highest BCUT2D eigenvalue weighted by Crippen LogP contribution is 2.32. The Balaban J connectivity index is 1.98. The van der Waals surface area contributed by atoms with Crippen molar-refractivity contribution in [3.05, 3.63) is 30.0 Å². The van der Waals surface area contributed by atoms with Crippen molar-refractivity contribution in [2.24, 2.45) is 5.10 Å². The first-order valence-electron chi connectivity index (χ1n) is 5.95. The molecule has 2 aliphatic rings. The molecular formula is C13H13N3O3S. The molecule has 0 saturated carbocycles. The molecule has 20 heavy (non-hydrogen) atoms. The van der Waals surface area contributed by atoms with Crippen LogP contribution in [-0.4, -0.2) is 35.9 Å². The van der Waals surface area contributed by atoms with Crippen LogP contribution in [0.5, 0.6) is 11.5 Å². The summed E-state index contributed by atoms with van der Waals surface area (Å²) in [5.74, 6) is 1.81.